The van der Waals surface area contributed by atoms with Gasteiger partial charge in [-0.1, -0.05) is 19.1 Å². The first-order valence-corrected chi connectivity index (χ1v) is 10.1. The molecule has 0 spiro atoms. The number of benzene rings is 1. The van der Waals surface area contributed by atoms with E-state index in [1.807, 2.05) is 0 Å². The van der Waals surface area contributed by atoms with Gasteiger partial charge >= 0.3 is 6.09 Å². The van der Waals surface area contributed by atoms with Gasteiger partial charge in [0.05, 0.1) is 23.3 Å². The van der Waals surface area contributed by atoms with E-state index in [4.69, 9.17) is 16.0 Å². The fourth-order valence-electron chi connectivity index (χ4n) is 2.85. The van der Waals surface area contributed by atoms with E-state index in [1.54, 1.807) is 45.9 Å². The molecule has 0 radical (unpaired) electrons. The molecule has 2 aromatic rings. The number of para-hydroxylation sites is 1. The van der Waals surface area contributed by atoms with Crippen LogP contribution in [0, 0.1) is 11.2 Å². The summed E-state index contributed by atoms with van der Waals surface area (Å²) in [4.78, 5) is 23.0. The summed E-state index contributed by atoms with van der Waals surface area (Å²) in [5.74, 6) is 4.99. The van der Waals surface area contributed by atoms with Crippen LogP contribution in [-0.4, -0.2) is 45.9 Å². The standard InChI is InChI=1S/C22H28FN7O3/c1-5-22(32,18(30-25)12-26-15-9-7-6-8-14(15)23)17-11-10-16(28-17)19(27-13-24)29-20(31)33-21(2,3)4/h6-13,28,32H,5,25H2,1-4H3,(H2,24,27,29,31). The highest BCUT2D eigenvalue weighted by atomic mass is 19.1. The lowest BCUT2D eigenvalue weighted by Crippen LogP contribution is -2.38. The first-order valence-electron chi connectivity index (χ1n) is 10.1. The quantitative estimate of drug-likeness (QED) is 0.187. The number of hydrazone groups is 1. The summed E-state index contributed by atoms with van der Waals surface area (Å²) in [7, 11) is 0. The molecule has 2 rings (SSSR count). The van der Waals surface area contributed by atoms with Crippen LogP contribution in [0.1, 0.15) is 45.5 Å². The van der Waals surface area contributed by atoms with Crippen LogP contribution in [0.25, 0.3) is 0 Å². The number of aliphatic imine (C=N–C) groups is 2. The van der Waals surface area contributed by atoms with Gasteiger partial charge in [-0.3, -0.25) is 15.7 Å². The van der Waals surface area contributed by atoms with E-state index in [2.05, 4.69) is 25.4 Å². The zero-order chi connectivity index (χ0) is 24.6. The Morgan fingerprint density at radius 2 is 2.00 bits per heavy atom. The Morgan fingerprint density at radius 3 is 2.58 bits per heavy atom. The predicted molar refractivity (Wildman–Crippen MR) is 126 cm³/mol. The van der Waals surface area contributed by atoms with E-state index < -0.39 is 23.1 Å². The van der Waals surface area contributed by atoms with E-state index in [0.29, 0.717) is 5.69 Å². The fraction of sp³-hybridized carbons (Fsp3) is 0.318. The summed E-state index contributed by atoms with van der Waals surface area (Å²) in [5, 5.41) is 24.7. The molecule has 0 aliphatic heterocycles. The van der Waals surface area contributed by atoms with Gasteiger partial charge in [-0.2, -0.15) is 5.10 Å². The number of aliphatic hydroxyl groups is 1. The monoisotopic (exact) mass is 457 g/mol. The molecular weight excluding hydrogens is 429 g/mol. The number of alkyl carbamates (subject to hydrolysis) is 1. The van der Waals surface area contributed by atoms with Gasteiger partial charge in [-0.05, 0) is 51.5 Å². The second-order valence-electron chi connectivity index (χ2n) is 7.96. The number of carbonyl (C=O) groups is 1. The number of amidine groups is 1. The molecule has 1 atom stereocenters. The maximum absolute atomic E-state index is 13.9. The van der Waals surface area contributed by atoms with E-state index in [-0.39, 0.29) is 29.3 Å². The van der Waals surface area contributed by atoms with Crippen LogP contribution in [0.5, 0.6) is 0 Å². The minimum Gasteiger partial charge on any atom is -0.444 e. The number of H-pyrrole nitrogens is 1. The van der Waals surface area contributed by atoms with Crippen LogP contribution in [0.2, 0.25) is 0 Å². The van der Waals surface area contributed by atoms with Crippen LogP contribution in [-0.2, 0) is 10.3 Å². The van der Waals surface area contributed by atoms with Crippen molar-refractivity contribution in [2.75, 3.05) is 0 Å². The summed E-state index contributed by atoms with van der Waals surface area (Å²) in [6.07, 6.45) is 1.33. The molecule has 6 N–H and O–H groups in total. The molecule has 1 amide bonds. The van der Waals surface area contributed by atoms with Gasteiger partial charge in [-0.25, -0.2) is 14.2 Å². The van der Waals surface area contributed by atoms with Crippen molar-refractivity contribution in [2.24, 2.45) is 20.9 Å². The van der Waals surface area contributed by atoms with Crippen molar-refractivity contribution in [3.05, 3.63) is 53.6 Å². The number of aromatic amines is 1. The van der Waals surface area contributed by atoms with Crippen LogP contribution in [0.4, 0.5) is 14.9 Å². The van der Waals surface area contributed by atoms with Gasteiger partial charge in [0, 0.05) is 0 Å². The maximum Gasteiger partial charge on any atom is 0.413 e. The Morgan fingerprint density at radius 1 is 1.30 bits per heavy atom. The maximum atomic E-state index is 13.9. The molecule has 10 nitrogen and oxygen atoms in total. The SMILES string of the molecule is CCC(O)(C(C=Nc1ccccc1F)=NN)c1ccc(C(=NC=N)NC(=O)OC(C)(C)C)[nH]1. The number of amides is 1. The third-order valence-corrected chi connectivity index (χ3v) is 4.45. The summed E-state index contributed by atoms with van der Waals surface area (Å²) in [5.41, 5.74) is -1.82. The molecule has 0 fully saturated rings. The number of hydrogen-bond acceptors (Lipinski definition) is 7. The molecule has 176 valence electrons. The zero-order valence-electron chi connectivity index (χ0n) is 18.9. The Hall–Kier alpha value is -3.86. The molecule has 1 aromatic carbocycles. The molecule has 1 unspecified atom stereocenters. The average molecular weight is 458 g/mol. The van der Waals surface area contributed by atoms with Gasteiger partial charge in [-0.15, -0.1) is 0 Å². The Balaban J connectivity index is 2.35. The molecule has 0 aliphatic rings. The molecule has 0 aliphatic carbocycles. The van der Waals surface area contributed by atoms with E-state index in [1.165, 1.54) is 24.4 Å². The number of aromatic nitrogens is 1. The van der Waals surface area contributed by atoms with Gasteiger partial charge in [0.15, 0.2) is 5.84 Å². The smallest absolute Gasteiger partial charge is 0.413 e. The largest absolute Gasteiger partial charge is 0.444 e. The third kappa shape index (κ3) is 6.56. The van der Waals surface area contributed by atoms with Gasteiger partial charge < -0.3 is 20.7 Å². The van der Waals surface area contributed by atoms with E-state index in [0.717, 1.165) is 6.34 Å². The zero-order valence-corrected chi connectivity index (χ0v) is 18.9. The normalized spacial score (nSPS) is 14.7. The lowest BCUT2D eigenvalue weighted by atomic mass is 9.91. The second kappa shape index (κ2) is 10.6. The van der Waals surface area contributed by atoms with Crippen molar-refractivity contribution in [1.29, 1.82) is 5.41 Å². The molecule has 0 bridgehead atoms. The second-order valence-corrected chi connectivity index (χ2v) is 7.96. The molecule has 33 heavy (non-hydrogen) atoms. The minimum atomic E-state index is -1.70. The number of nitrogens with zero attached hydrogens (tertiary/aromatic N) is 3. The van der Waals surface area contributed by atoms with E-state index >= 15 is 0 Å². The Kier molecular flexibility index (Phi) is 8.19. The summed E-state index contributed by atoms with van der Waals surface area (Å²) >= 11 is 0. The van der Waals surface area contributed by atoms with Crippen LogP contribution >= 0.6 is 0 Å². The predicted octanol–water partition coefficient (Wildman–Crippen LogP) is 3.35. The minimum absolute atomic E-state index is 0.00946. The number of hydrogen-bond donors (Lipinski definition) is 5. The van der Waals surface area contributed by atoms with Crippen LogP contribution in [0.3, 0.4) is 0 Å². The first-order chi connectivity index (χ1) is 15.5. The summed E-state index contributed by atoms with van der Waals surface area (Å²) in [6.45, 7) is 6.84. The molecular formula is C22H28FN7O3. The lowest BCUT2D eigenvalue weighted by Gasteiger charge is -2.25. The number of halogens is 1. The van der Waals surface area contributed by atoms with Crippen molar-refractivity contribution in [1.82, 2.24) is 10.3 Å². The molecule has 1 aromatic heterocycles. The molecule has 0 saturated heterocycles. The topological polar surface area (TPSA) is 161 Å². The van der Waals surface area contributed by atoms with Gasteiger partial charge in [0.25, 0.3) is 0 Å². The van der Waals surface area contributed by atoms with Crippen molar-refractivity contribution < 1.29 is 19.0 Å². The highest BCUT2D eigenvalue weighted by molar-refractivity contribution is 6.34. The first kappa shape index (κ1) is 25.4. The molecule has 0 saturated carbocycles. The van der Waals surface area contributed by atoms with Gasteiger partial charge in [0.2, 0.25) is 0 Å². The van der Waals surface area contributed by atoms with Gasteiger partial charge in [0.1, 0.15) is 29.1 Å². The Bertz CT molecular complexity index is 1090. The fourth-order valence-corrected chi connectivity index (χ4v) is 2.85. The number of carbonyl (C=O) groups excluding carboxylic acids is 1. The number of nitrogens with one attached hydrogen (secondary N) is 3. The van der Waals surface area contributed by atoms with Crippen LogP contribution in [0.15, 0.2) is 51.5 Å². The van der Waals surface area contributed by atoms with Crippen molar-refractivity contribution in [2.45, 2.75) is 45.3 Å². The van der Waals surface area contributed by atoms with E-state index in [9.17, 15) is 14.3 Å². The van der Waals surface area contributed by atoms with Crippen molar-refractivity contribution in [3.63, 3.8) is 0 Å². The third-order valence-electron chi connectivity index (χ3n) is 4.45. The number of ether oxygens (including phenoxy) is 1. The summed E-state index contributed by atoms with van der Waals surface area (Å²) in [6, 6.07) is 9.00. The van der Waals surface area contributed by atoms with Crippen LogP contribution < -0.4 is 11.2 Å². The highest BCUT2D eigenvalue weighted by Gasteiger charge is 2.35. The lowest BCUT2D eigenvalue weighted by molar-refractivity contribution is 0.0563. The van der Waals surface area contributed by atoms with Crippen molar-refractivity contribution >= 4 is 35.9 Å². The number of rotatable bonds is 7. The average Bonchev–Trinajstić information content (AvgIpc) is 3.24. The highest BCUT2D eigenvalue weighted by Crippen LogP contribution is 2.27. The summed E-state index contributed by atoms with van der Waals surface area (Å²) < 4.78 is 19.1. The molecule has 1 heterocycles. The molecule has 11 heteroatoms. The number of nitrogens with two attached hydrogens (primary N) is 1. The Labute approximate surface area is 191 Å². The van der Waals surface area contributed by atoms with Crippen molar-refractivity contribution in [3.8, 4) is 0 Å².